The number of hydrogen-bond acceptors (Lipinski definition) is 2. The van der Waals surface area contributed by atoms with E-state index < -0.39 is 0 Å². The number of rotatable bonds is 2. The second-order valence-electron chi connectivity index (χ2n) is 7.47. The molecule has 0 unspecified atom stereocenters. The Morgan fingerprint density at radius 1 is 0.895 bits per heavy atom. The van der Waals surface area contributed by atoms with Crippen LogP contribution < -0.4 is 9.64 Å². The van der Waals surface area contributed by atoms with Crippen LogP contribution in [-0.2, 0) is 10.8 Å². The summed E-state index contributed by atoms with van der Waals surface area (Å²) in [6, 6.07) is 4.54. The molecular weight excluding hydrogens is 234 g/mol. The van der Waals surface area contributed by atoms with Crippen LogP contribution in [0.4, 0.5) is 5.69 Å². The zero-order valence-electron chi connectivity index (χ0n) is 14.0. The smallest absolute Gasteiger partial charge is 0.145 e. The normalized spacial score (nSPS) is 12.5. The summed E-state index contributed by atoms with van der Waals surface area (Å²) in [6.07, 6.45) is 0. The van der Waals surface area contributed by atoms with Gasteiger partial charge in [-0.25, -0.2) is 0 Å². The van der Waals surface area contributed by atoms with Crippen molar-refractivity contribution in [1.29, 1.82) is 0 Å². The summed E-state index contributed by atoms with van der Waals surface area (Å²) in [5.41, 5.74) is 3.97. The topological polar surface area (TPSA) is 12.5 Å². The lowest BCUT2D eigenvalue weighted by Crippen LogP contribution is -2.20. The highest BCUT2D eigenvalue weighted by Crippen LogP contribution is 2.41. The molecule has 0 saturated heterocycles. The van der Waals surface area contributed by atoms with E-state index in [4.69, 9.17) is 4.74 Å². The Bertz CT molecular complexity index is 448. The van der Waals surface area contributed by atoms with Crippen molar-refractivity contribution in [3.63, 3.8) is 0 Å². The summed E-state index contributed by atoms with van der Waals surface area (Å²) in [6.45, 7) is 13.5. The largest absolute Gasteiger partial charge is 0.494 e. The molecular formula is C17H29NO. The van der Waals surface area contributed by atoms with Crippen LogP contribution in [0.15, 0.2) is 12.1 Å². The Morgan fingerprint density at radius 2 is 1.42 bits per heavy atom. The van der Waals surface area contributed by atoms with Gasteiger partial charge in [0.25, 0.3) is 0 Å². The standard InChI is InChI=1S/C17H29NO/c1-16(2,3)12-10-13(17(4,5)6)15(19-9)14(11-12)18(7)8/h10-11H,1-9H3. The minimum absolute atomic E-state index is 0.0668. The first-order chi connectivity index (χ1) is 8.48. The van der Waals surface area contributed by atoms with E-state index in [0.29, 0.717) is 0 Å². The first kappa shape index (κ1) is 15.9. The predicted octanol–water partition coefficient (Wildman–Crippen LogP) is 4.36. The molecule has 1 rings (SSSR count). The average Bonchev–Trinajstić information content (AvgIpc) is 2.24. The zero-order chi connectivity index (χ0) is 15.0. The van der Waals surface area contributed by atoms with E-state index in [1.54, 1.807) is 7.11 Å². The van der Waals surface area contributed by atoms with Crippen molar-refractivity contribution in [2.75, 3.05) is 26.1 Å². The molecule has 19 heavy (non-hydrogen) atoms. The molecule has 0 fully saturated rings. The lowest BCUT2D eigenvalue weighted by Gasteiger charge is -2.30. The van der Waals surface area contributed by atoms with Gasteiger partial charge < -0.3 is 9.64 Å². The van der Waals surface area contributed by atoms with Gasteiger partial charge in [0.1, 0.15) is 5.75 Å². The van der Waals surface area contributed by atoms with E-state index in [2.05, 4.69) is 72.7 Å². The third kappa shape index (κ3) is 3.43. The number of nitrogens with zero attached hydrogens (tertiary/aromatic N) is 1. The molecule has 0 radical (unpaired) electrons. The first-order valence-electron chi connectivity index (χ1n) is 6.89. The Hall–Kier alpha value is -1.18. The van der Waals surface area contributed by atoms with Gasteiger partial charge in [-0.15, -0.1) is 0 Å². The van der Waals surface area contributed by atoms with Crippen LogP contribution in [0.25, 0.3) is 0 Å². The molecule has 1 aromatic rings. The van der Waals surface area contributed by atoms with Crippen LogP contribution in [0.5, 0.6) is 5.75 Å². The second kappa shape index (κ2) is 5.07. The molecule has 1 aromatic carbocycles. The zero-order valence-corrected chi connectivity index (χ0v) is 14.0. The van der Waals surface area contributed by atoms with Crippen molar-refractivity contribution in [3.8, 4) is 5.75 Å². The van der Waals surface area contributed by atoms with Crippen LogP contribution >= 0.6 is 0 Å². The lowest BCUT2D eigenvalue weighted by molar-refractivity contribution is 0.397. The summed E-state index contributed by atoms with van der Waals surface area (Å²) >= 11 is 0. The van der Waals surface area contributed by atoms with E-state index in [0.717, 1.165) is 11.4 Å². The monoisotopic (exact) mass is 263 g/mol. The Balaban J connectivity index is 3.65. The molecule has 0 aliphatic rings. The fourth-order valence-electron chi connectivity index (χ4n) is 2.15. The quantitative estimate of drug-likeness (QED) is 0.786. The van der Waals surface area contributed by atoms with Crippen LogP contribution in [0.1, 0.15) is 52.7 Å². The second-order valence-corrected chi connectivity index (χ2v) is 7.47. The first-order valence-corrected chi connectivity index (χ1v) is 6.89. The molecule has 0 N–H and O–H groups in total. The van der Waals surface area contributed by atoms with E-state index >= 15 is 0 Å². The summed E-state index contributed by atoms with van der Waals surface area (Å²) in [4.78, 5) is 2.13. The highest BCUT2D eigenvalue weighted by Gasteiger charge is 2.26. The van der Waals surface area contributed by atoms with Gasteiger partial charge in [-0.3, -0.25) is 0 Å². The molecule has 0 aliphatic carbocycles. The van der Waals surface area contributed by atoms with Crippen LogP contribution in [0, 0.1) is 0 Å². The molecule has 2 nitrogen and oxygen atoms in total. The minimum Gasteiger partial charge on any atom is -0.494 e. The average molecular weight is 263 g/mol. The van der Waals surface area contributed by atoms with Crippen molar-refractivity contribution in [2.24, 2.45) is 0 Å². The molecule has 0 aliphatic heterocycles. The van der Waals surface area contributed by atoms with Gasteiger partial charge in [0, 0.05) is 19.7 Å². The maximum atomic E-state index is 5.69. The molecule has 0 atom stereocenters. The van der Waals surface area contributed by atoms with Crippen molar-refractivity contribution in [3.05, 3.63) is 23.3 Å². The molecule has 0 spiro atoms. The Labute approximate surface area is 118 Å². The van der Waals surface area contributed by atoms with Crippen LogP contribution in [0.3, 0.4) is 0 Å². The molecule has 0 saturated carbocycles. The van der Waals surface area contributed by atoms with E-state index in [9.17, 15) is 0 Å². The van der Waals surface area contributed by atoms with Crippen molar-refractivity contribution < 1.29 is 4.74 Å². The molecule has 0 heterocycles. The molecule has 0 aromatic heterocycles. The third-order valence-corrected chi connectivity index (χ3v) is 3.43. The van der Waals surface area contributed by atoms with Gasteiger partial charge in [-0.2, -0.15) is 0 Å². The summed E-state index contributed by atoms with van der Waals surface area (Å²) < 4.78 is 5.69. The predicted molar refractivity (Wildman–Crippen MR) is 84.7 cm³/mol. The number of anilines is 1. The van der Waals surface area contributed by atoms with E-state index in [-0.39, 0.29) is 10.8 Å². The fraction of sp³-hybridized carbons (Fsp3) is 0.647. The van der Waals surface area contributed by atoms with Gasteiger partial charge >= 0.3 is 0 Å². The van der Waals surface area contributed by atoms with Gasteiger partial charge in [-0.05, 0) is 22.5 Å². The highest BCUT2D eigenvalue weighted by atomic mass is 16.5. The minimum atomic E-state index is 0.0668. The summed E-state index contributed by atoms with van der Waals surface area (Å²) in [5.74, 6) is 0.991. The van der Waals surface area contributed by atoms with Gasteiger partial charge in [0.15, 0.2) is 0 Å². The van der Waals surface area contributed by atoms with Gasteiger partial charge in [0.05, 0.1) is 12.8 Å². The molecule has 0 amide bonds. The molecule has 0 bridgehead atoms. The highest BCUT2D eigenvalue weighted by molar-refractivity contribution is 5.65. The molecule has 2 heteroatoms. The van der Waals surface area contributed by atoms with Gasteiger partial charge in [-0.1, -0.05) is 47.6 Å². The maximum absolute atomic E-state index is 5.69. The van der Waals surface area contributed by atoms with Crippen molar-refractivity contribution in [2.45, 2.75) is 52.4 Å². The van der Waals surface area contributed by atoms with Gasteiger partial charge in [0.2, 0.25) is 0 Å². The van der Waals surface area contributed by atoms with Crippen molar-refractivity contribution in [1.82, 2.24) is 0 Å². The SMILES string of the molecule is COc1c(N(C)C)cc(C(C)(C)C)cc1C(C)(C)C. The van der Waals surface area contributed by atoms with E-state index in [1.165, 1.54) is 11.1 Å². The fourth-order valence-corrected chi connectivity index (χ4v) is 2.15. The Kier molecular flexibility index (Phi) is 4.23. The number of benzene rings is 1. The van der Waals surface area contributed by atoms with Crippen LogP contribution in [-0.4, -0.2) is 21.2 Å². The Morgan fingerprint density at radius 3 is 1.74 bits per heavy atom. The summed E-state index contributed by atoms with van der Waals surface area (Å²) in [5, 5.41) is 0. The van der Waals surface area contributed by atoms with Crippen molar-refractivity contribution >= 4 is 5.69 Å². The summed E-state index contributed by atoms with van der Waals surface area (Å²) in [7, 11) is 5.89. The number of ether oxygens (including phenoxy) is 1. The lowest BCUT2D eigenvalue weighted by atomic mass is 9.79. The maximum Gasteiger partial charge on any atom is 0.145 e. The molecule has 108 valence electrons. The number of methoxy groups -OCH3 is 1. The third-order valence-electron chi connectivity index (χ3n) is 3.43. The number of hydrogen-bond donors (Lipinski definition) is 0. The van der Waals surface area contributed by atoms with Crippen LogP contribution in [0.2, 0.25) is 0 Å². The van der Waals surface area contributed by atoms with E-state index in [1.807, 2.05) is 0 Å².